The second-order valence-corrected chi connectivity index (χ2v) is 11.6. The fourth-order valence-corrected chi connectivity index (χ4v) is 5.03. The molecule has 48 heavy (non-hydrogen) atoms. The second kappa shape index (κ2) is 18.3. The van der Waals surface area contributed by atoms with Gasteiger partial charge in [-0.05, 0) is 90.7 Å². The Morgan fingerprint density at radius 3 is 2.19 bits per heavy atom. The van der Waals surface area contributed by atoms with E-state index in [2.05, 4.69) is 17.2 Å². The summed E-state index contributed by atoms with van der Waals surface area (Å²) < 4.78 is 11.3. The number of hydrogen-bond acceptors (Lipinski definition) is 8. The molecule has 4 rings (SSSR count). The van der Waals surface area contributed by atoms with Crippen molar-refractivity contribution in [3.8, 4) is 11.5 Å². The van der Waals surface area contributed by atoms with Crippen molar-refractivity contribution in [2.75, 3.05) is 18.5 Å². The van der Waals surface area contributed by atoms with Crippen LogP contribution >= 0.6 is 0 Å². The molecule has 1 amide bonds. The Kier molecular flexibility index (Phi) is 13.7. The van der Waals surface area contributed by atoms with Crippen molar-refractivity contribution < 1.29 is 34.1 Å². The number of aryl methyl sites for hydroxylation is 1. The van der Waals surface area contributed by atoms with Crippen molar-refractivity contribution in [2.24, 2.45) is 0 Å². The molecule has 252 valence electrons. The molecule has 1 atom stereocenters. The topological polar surface area (TPSA) is 138 Å². The Morgan fingerprint density at radius 2 is 1.52 bits per heavy atom. The molecule has 1 aromatic heterocycles. The van der Waals surface area contributed by atoms with Crippen LogP contribution in [0.5, 0.6) is 11.5 Å². The van der Waals surface area contributed by atoms with Gasteiger partial charge in [0, 0.05) is 18.4 Å². The van der Waals surface area contributed by atoms with Crippen LogP contribution in [0, 0.1) is 6.92 Å². The van der Waals surface area contributed by atoms with Gasteiger partial charge in [0.05, 0.1) is 18.7 Å². The number of hydrogen-bond donors (Lipinski definition) is 3. The molecule has 1 heterocycles. The number of aliphatic hydroxyl groups excluding tert-OH is 1. The van der Waals surface area contributed by atoms with Gasteiger partial charge in [-0.25, -0.2) is 4.79 Å². The van der Waals surface area contributed by atoms with Crippen LogP contribution in [0.1, 0.15) is 89.2 Å². The van der Waals surface area contributed by atoms with Gasteiger partial charge in [-0.2, -0.15) is 0 Å². The molecule has 0 fully saturated rings. The van der Waals surface area contributed by atoms with E-state index >= 15 is 0 Å². The van der Waals surface area contributed by atoms with Crippen LogP contribution in [0.15, 0.2) is 91.1 Å². The first kappa shape index (κ1) is 35.8. The Hall–Kier alpha value is -5.06. The van der Waals surface area contributed by atoms with Crippen molar-refractivity contribution in [3.63, 3.8) is 0 Å². The van der Waals surface area contributed by atoms with Gasteiger partial charge in [0.1, 0.15) is 23.4 Å². The lowest BCUT2D eigenvalue weighted by molar-refractivity contribution is -0.142. The van der Waals surface area contributed by atoms with Gasteiger partial charge in [0.15, 0.2) is 0 Å². The number of unbranched alkanes of at least 4 members (excludes halogenated alkanes) is 5. The van der Waals surface area contributed by atoms with Crippen molar-refractivity contribution in [2.45, 2.75) is 65.1 Å². The zero-order valence-corrected chi connectivity index (χ0v) is 27.4. The third-order valence-electron chi connectivity index (χ3n) is 7.68. The Morgan fingerprint density at radius 1 is 0.854 bits per heavy atom. The van der Waals surface area contributed by atoms with Crippen LogP contribution in [0.4, 0.5) is 5.69 Å². The smallest absolute Gasteiger partial charge is 0.343 e. The highest BCUT2D eigenvalue weighted by Gasteiger charge is 2.21. The number of pyridine rings is 1. The lowest BCUT2D eigenvalue weighted by Crippen LogP contribution is -2.33. The molecule has 0 aliphatic heterocycles. The maximum absolute atomic E-state index is 12.7. The highest BCUT2D eigenvalue weighted by atomic mass is 16.5. The molecule has 10 nitrogen and oxygen atoms in total. The van der Waals surface area contributed by atoms with Crippen molar-refractivity contribution in [3.05, 3.63) is 119 Å². The molecule has 0 aliphatic carbocycles. The number of aromatic nitrogens is 1. The van der Waals surface area contributed by atoms with Gasteiger partial charge in [-0.15, -0.1) is 0 Å². The van der Waals surface area contributed by atoms with E-state index in [1.54, 1.807) is 91.1 Å². The lowest BCUT2D eigenvalue weighted by Gasteiger charge is -2.27. The third kappa shape index (κ3) is 11.3. The van der Waals surface area contributed by atoms with E-state index in [1.165, 1.54) is 30.6 Å². The molecule has 0 saturated carbocycles. The molecular formula is C38H43N3O7. The zero-order chi connectivity index (χ0) is 34.3. The summed E-state index contributed by atoms with van der Waals surface area (Å²) in [5.41, 5.74) is 3.24. The number of amides is 1. The molecule has 4 aromatic rings. The number of carboxylic acid groups (broad SMARTS) is 1. The quantitative estimate of drug-likeness (QED) is 0.0441. The summed E-state index contributed by atoms with van der Waals surface area (Å²) >= 11 is 0. The summed E-state index contributed by atoms with van der Waals surface area (Å²) in [5, 5.41) is 23.4. The molecule has 0 spiro atoms. The van der Waals surface area contributed by atoms with Crippen LogP contribution in [0.25, 0.3) is 0 Å². The molecule has 1 unspecified atom stereocenters. The number of esters is 1. The highest BCUT2D eigenvalue weighted by molar-refractivity contribution is 6.02. The maximum Gasteiger partial charge on any atom is 0.343 e. The lowest BCUT2D eigenvalue weighted by atomic mass is 10.1. The Labute approximate surface area is 281 Å². The number of nitrogens with zero attached hydrogens (tertiary/aromatic N) is 2. The predicted molar refractivity (Wildman–Crippen MR) is 183 cm³/mol. The third-order valence-corrected chi connectivity index (χ3v) is 7.68. The number of ether oxygens (including phenoxy) is 2. The number of carbonyl (C=O) groups excluding carboxylic acids is 2. The summed E-state index contributed by atoms with van der Waals surface area (Å²) in [7, 11) is 0. The van der Waals surface area contributed by atoms with E-state index in [4.69, 9.17) is 9.47 Å². The first-order valence-electron chi connectivity index (χ1n) is 16.2. The van der Waals surface area contributed by atoms with E-state index < -0.39 is 24.7 Å². The van der Waals surface area contributed by atoms with E-state index in [9.17, 15) is 24.6 Å². The van der Waals surface area contributed by atoms with Crippen LogP contribution < -0.4 is 14.8 Å². The van der Waals surface area contributed by atoms with Crippen LogP contribution in [-0.4, -0.2) is 51.1 Å². The summed E-state index contributed by atoms with van der Waals surface area (Å²) in [5.74, 6) is -0.946. The van der Waals surface area contributed by atoms with Gasteiger partial charge >= 0.3 is 11.9 Å². The number of benzene rings is 3. The predicted octanol–water partition coefficient (Wildman–Crippen LogP) is 7.18. The summed E-state index contributed by atoms with van der Waals surface area (Å²) in [6.07, 6.45) is 7.45. The average molecular weight is 654 g/mol. The van der Waals surface area contributed by atoms with E-state index in [1.807, 2.05) is 6.92 Å². The first-order chi connectivity index (χ1) is 23.2. The fourth-order valence-electron chi connectivity index (χ4n) is 5.03. The molecule has 3 N–H and O–H groups in total. The molecule has 3 aromatic carbocycles. The van der Waals surface area contributed by atoms with Gasteiger partial charge in [-0.3, -0.25) is 19.5 Å². The van der Waals surface area contributed by atoms with Gasteiger partial charge in [-0.1, -0.05) is 63.3 Å². The van der Waals surface area contributed by atoms with Crippen LogP contribution in [-0.2, 0) is 11.3 Å². The molecule has 0 saturated heterocycles. The average Bonchev–Trinajstić information content (AvgIpc) is 3.08. The summed E-state index contributed by atoms with van der Waals surface area (Å²) in [6, 6.07) is 23.5. The molecule has 10 heteroatoms. The minimum absolute atomic E-state index is 0.111. The SMILES string of the molecule is CCCCCCCCOc1ccc(C(=O)Oc2ccc(CN(CC(=O)O)C(O)c3ccc(NC(=O)c4cc(C)ccn4)cc3)cc2)cc1. The van der Waals surface area contributed by atoms with Crippen molar-refractivity contribution in [1.82, 2.24) is 9.88 Å². The normalized spacial score (nSPS) is 11.6. The Balaban J connectivity index is 1.29. The maximum atomic E-state index is 12.7. The van der Waals surface area contributed by atoms with Gasteiger partial charge in [0.25, 0.3) is 5.91 Å². The standard InChI is InChI=1S/C38H43N3O7/c1-3-4-5-6-7-8-23-47-32-19-13-30(14-20-32)38(46)48-33-17-9-28(10-18-33)25-41(26-35(42)43)37(45)29-11-15-31(16-12-29)40-36(44)34-24-27(2)21-22-39-34/h9-22,24,37,45H,3-8,23,25-26H2,1-2H3,(H,40,44)(H,42,43). The van der Waals surface area contributed by atoms with E-state index in [-0.39, 0.29) is 18.1 Å². The minimum Gasteiger partial charge on any atom is -0.494 e. The molecule has 0 aliphatic rings. The largest absolute Gasteiger partial charge is 0.494 e. The fraction of sp³-hybridized carbons (Fsp3) is 0.316. The van der Waals surface area contributed by atoms with Gasteiger partial charge < -0.3 is 25.0 Å². The summed E-state index contributed by atoms with van der Waals surface area (Å²) in [6.45, 7) is 4.40. The monoisotopic (exact) mass is 653 g/mol. The zero-order valence-electron chi connectivity index (χ0n) is 27.4. The Bertz CT molecular complexity index is 1620. The molecule has 0 radical (unpaired) electrons. The highest BCUT2D eigenvalue weighted by Crippen LogP contribution is 2.24. The molecule has 0 bridgehead atoms. The number of carbonyl (C=O) groups is 3. The number of carboxylic acids is 1. The minimum atomic E-state index is -1.24. The number of aliphatic hydroxyl groups is 1. The summed E-state index contributed by atoms with van der Waals surface area (Å²) in [4.78, 5) is 42.4. The number of aliphatic carboxylic acids is 1. The number of nitrogens with one attached hydrogen (secondary N) is 1. The van der Waals surface area contributed by atoms with Crippen LogP contribution in [0.3, 0.4) is 0 Å². The van der Waals surface area contributed by atoms with Gasteiger partial charge in [0.2, 0.25) is 0 Å². The second-order valence-electron chi connectivity index (χ2n) is 11.6. The number of anilines is 1. The van der Waals surface area contributed by atoms with E-state index in [0.29, 0.717) is 40.5 Å². The first-order valence-corrected chi connectivity index (χ1v) is 16.2. The van der Waals surface area contributed by atoms with E-state index in [0.717, 1.165) is 18.4 Å². The van der Waals surface area contributed by atoms with Crippen molar-refractivity contribution >= 4 is 23.5 Å². The van der Waals surface area contributed by atoms with Crippen LogP contribution in [0.2, 0.25) is 0 Å². The van der Waals surface area contributed by atoms with Crippen molar-refractivity contribution in [1.29, 1.82) is 0 Å². The number of rotatable bonds is 18. The molecular weight excluding hydrogens is 610 g/mol.